The Labute approximate surface area is 266 Å². The van der Waals surface area contributed by atoms with Gasteiger partial charge in [-0.3, -0.25) is 0 Å². The molecular weight excluding hydrogens is 580 g/mol. The number of amidine groups is 2. The predicted octanol–water partition coefficient (Wildman–Crippen LogP) is 7.17. The van der Waals surface area contributed by atoms with Gasteiger partial charge < -0.3 is 24.4 Å². The number of carbonyl (C=O) groups is 1. The lowest BCUT2D eigenvalue weighted by Crippen LogP contribution is -2.46. The summed E-state index contributed by atoms with van der Waals surface area (Å²) >= 11 is 0. The van der Waals surface area contributed by atoms with Crippen LogP contribution >= 0.6 is 0 Å². The third-order valence-corrected chi connectivity index (χ3v) is 8.02. The molecule has 2 aliphatic rings. The highest BCUT2D eigenvalue weighted by Gasteiger charge is 2.41. The molecule has 7 rings (SSSR count). The number of ether oxygens (including phenoxy) is 3. The third kappa shape index (κ3) is 4.93. The summed E-state index contributed by atoms with van der Waals surface area (Å²) in [6.45, 7) is 4.11. The highest BCUT2D eigenvalue weighted by atomic mass is 16.5. The van der Waals surface area contributed by atoms with Gasteiger partial charge in [-0.05, 0) is 80.1 Å². The lowest BCUT2D eigenvalue weighted by atomic mass is 9.93. The number of nitrogens with one attached hydrogen (secondary N) is 1. The smallest absolute Gasteiger partial charge is 0.338 e. The molecule has 0 saturated heterocycles. The fourth-order valence-electron chi connectivity index (χ4n) is 5.93. The Kier molecular flexibility index (Phi) is 7.45. The first kappa shape index (κ1) is 28.8. The SMILES string of the molecule is CCOC(=O)c1ccc(NC2=Nc3ccccc3N3C2=Nc2c(c(C)nn2-c2ccccc2)C3c2ccc(OC)c(OC)c2)cc1. The maximum Gasteiger partial charge on any atom is 0.338 e. The molecule has 0 aliphatic carbocycles. The van der Waals surface area contributed by atoms with Gasteiger partial charge in [-0.25, -0.2) is 19.5 Å². The zero-order valence-electron chi connectivity index (χ0n) is 25.9. The van der Waals surface area contributed by atoms with Crippen molar-refractivity contribution in [1.82, 2.24) is 9.78 Å². The Morgan fingerprint density at radius 2 is 1.61 bits per heavy atom. The number of aryl methyl sites for hydroxylation is 1. The third-order valence-electron chi connectivity index (χ3n) is 8.02. The summed E-state index contributed by atoms with van der Waals surface area (Å²) in [7, 11) is 3.27. The summed E-state index contributed by atoms with van der Waals surface area (Å²) < 4.78 is 18.4. The van der Waals surface area contributed by atoms with Gasteiger partial charge in [-0.15, -0.1) is 0 Å². The van der Waals surface area contributed by atoms with Crippen LogP contribution in [0.4, 0.5) is 22.9 Å². The lowest BCUT2D eigenvalue weighted by molar-refractivity contribution is 0.0526. The first-order valence-electron chi connectivity index (χ1n) is 15.0. The zero-order chi connectivity index (χ0) is 31.8. The standard InChI is InChI=1S/C36H32N6O4/c1-5-46-36(43)23-15-18-25(19-16-23)37-33-35-39-34-31(22(2)40-42(34)26-11-7-6-8-12-26)32(24-17-20-29(44-3)30(21-24)45-4)41(35)28-14-10-9-13-27(28)38-33/h6-21,32H,5H2,1-4H3,(H,37,38). The van der Waals surface area contributed by atoms with Crippen molar-refractivity contribution in [3.05, 3.63) is 119 Å². The lowest BCUT2D eigenvalue weighted by Gasteiger charge is -2.40. The minimum Gasteiger partial charge on any atom is -0.493 e. The molecule has 10 nitrogen and oxygen atoms in total. The maximum atomic E-state index is 12.3. The molecule has 0 spiro atoms. The van der Waals surface area contributed by atoms with E-state index in [9.17, 15) is 4.79 Å². The molecule has 1 atom stereocenters. The minimum atomic E-state index is -0.365. The minimum absolute atomic E-state index is 0.312. The summed E-state index contributed by atoms with van der Waals surface area (Å²) in [6.07, 6.45) is 0. The number of aliphatic imine (C=N–C) groups is 2. The van der Waals surface area contributed by atoms with Crippen LogP contribution in [0.2, 0.25) is 0 Å². The molecule has 0 bridgehead atoms. The van der Waals surface area contributed by atoms with E-state index in [4.69, 9.17) is 29.3 Å². The van der Waals surface area contributed by atoms with Crippen molar-refractivity contribution in [3.63, 3.8) is 0 Å². The van der Waals surface area contributed by atoms with Crippen LogP contribution in [0.3, 0.4) is 0 Å². The second kappa shape index (κ2) is 11.9. The van der Waals surface area contributed by atoms with Crippen molar-refractivity contribution in [2.75, 3.05) is 31.0 Å². The normalized spacial score (nSPS) is 14.7. The van der Waals surface area contributed by atoms with Gasteiger partial charge in [0.1, 0.15) is 0 Å². The molecule has 0 saturated carbocycles. The number of para-hydroxylation sites is 3. The summed E-state index contributed by atoms with van der Waals surface area (Å²) in [5.74, 6) is 2.78. The van der Waals surface area contributed by atoms with Gasteiger partial charge in [0.25, 0.3) is 0 Å². The molecule has 46 heavy (non-hydrogen) atoms. The number of rotatable bonds is 7. The number of nitrogens with zero attached hydrogens (tertiary/aromatic N) is 5. The van der Waals surface area contributed by atoms with Crippen molar-refractivity contribution in [1.29, 1.82) is 0 Å². The molecule has 230 valence electrons. The number of esters is 1. The summed E-state index contributed by atoms with van der Waals surface area (Å²) in [5, 5.41) is 8.48. The average molecular weight is 613 g/mol. The van der Waals surface area contributed by atoms with Gasteiger partial charge in [-0.1, -0.05) is 36.4 Å². The molecule has 2 aliphatic heterocycles. The van der Waals surface area contributed by atoms with Crippen LogP contribution in [0.5, 0.6) is 11.5 Å². The van der Waals surface area contributed by atoms with Crippen molar-refractivity contribution in [3.8, 4) is 17.2 Å². The van der Waals surface area contributed by atoms with E-state index in [0.717, 1.165) is 39.6 Å². The molecule has 0 amide bonds. The maximum absolute atomic E-state index is 12.3. The first-order chi connectivity index (χ1) is 22.5. The van der Waals surface area contributed by atoms with E-state index in [1.165, 1.54) is 0 Å². The van der Waals surface area contributed by atoms with Gasteiger partial charge >= 0.3 is 5.97 Å². The number of anilines is 2. The van der Waals surface area contributed by atoms with Crippen LogP contribution in [-0.2, 0) is 4.74 Å². The molecular formula is C36H32N6O4. The summed E-state index contributed by atoms with van der Waals surface area (Å²) in [6, 6.07) is 30.7. The fourth-order valence-corrected chi connectivity index (χ4v) is 5.93. The number of carbonyl (C=O) groups excluding carboxylic acids is 1. The van der Waals surface area contributed by atoms with E-state index in [1.54, 1.807) is 33.3 Å². The summed E-state index contributed by atoms with van der Waals surface area (Å²) in [5.41, 5.74) is 6.59. The molecule has 3 heterocycles. The second-order valence-corrected chi connectivity index (χ2v) is 10.8. The molecule has 5 aromatic rings. The van der Waals surface area contributed by atoms with Crippen LogP contribution < -0.4 is 19.7 Å². The Bertz CT molecular complexity index is 2000. The zero-order valence-corrected chi connectivity index (χ0v) is 25.9. The van der Waals surface area contributed by atoms with Gasteiger partial charge in [0.2, 0.25) is 0 Å². The van der Waals surface area contributed by atoms with Gasteiger partial charge in [0.05, 0.1) is 55.2 Å². The molecule has 1 N–H and O–H groups in total. The number of benzene rings is 4. The molecule has 10 heteroatoms. The molecule has 0 radical (unpaired) electrons. The van der Waals surface area contributed by atoms with Crippen molar-refractivity contribution in [2.24, 2.45) is 9.98 Å². The van der Waals surface area contributed by atoms with Crippen molar-refractivity contribution in [2.45, 2.75) is 19.9 Å². The number of hydrogen-bond donors (Lipinski definition) is 1. The second-order valence-electron chi connectivity index (χ2n) is 10.8. The van der Waals surface area contributed by atoms with Crippen molar-refractivity contribution < 1.29 is 19.0 Å². The Morgan fingerprint density at radius 3 is 2.35 bits per heavy atom. The Hall–Kier alpha value is -5.90. The average Bonchev–Trinajstić information content (AvgIpc) is 3.43. The quantitative estimate of drug-likeness (QED) is 0.194. The van der Waals surface area contributed by atoms with Crippen molar-refractivity contribution >= 4 is 40.5 Å². The van der Waals surface area contributed by atoms with Crippen LogP contribution in [0, 0.1) is 6.92 Å². The van der Waals surface area contributed by atoms with E-state index >= 15 is 0 Å². The van der Waals surface area contributed by atoms with Crippen LogP contribution in [0.1, 0.15) is 40.1 Å². The fraction of sp³-hybridized carbons (Fsp3) is 0.167. The highest BCUT2D eigenvalue weighted by Crippen LogP contribution is 2.49. The topological polar surface area (TPSA) is 103 Å². The van der Waals surface area contributed by atoms with Gasteiger partial charge in [0.15, 0.2) is 29.0 Å². The monoisotopic (exact) mass is 612 g/mol. The van der Waals surface area contributed by atoms with E-state index < -0.39 is 0 Å². The first-order valence-corrected chi connectivity index (χ1v) is 15.0. The largest absolute Gasteiger partial charge is 0.493 e. The molecule has 1 unspecified atom stereocenters. The van der Waals surface area contributed by atoms with E-state index in [1.807, 2.05) is 90.5 Å². The number of aromatic nitrogens is 2. The molecule has 1 aromatic heterocycles. The highest BCUT2D eigenvalue weighted by molar-refractivity contribution is 6.51. The van der Waals surface area contributed by atoms with Crippen LogP contribution in [0.25, 0.3) is 5.69 Å². The summed E-state index contributed by atoms with van der Waals surface area (Å²) in [4.78, 5) is 24.8. The van der Waals surface area contributed by atoms with Gasteiger partial charge in [0, 0.05) is 11.3 Å². The number of methoxy groups -OCH3 is 2. The number of hydrogen-bond acceptors (Lipinski definition) is 9. The molecule has 4 aromatic carbocycles. The van der Waals surface area contributed by atoms with Crippen LogP contribution in [0.15, 0.2) is 107 Å². The van der Waals surface area contributed by atoms with E-state index in [0.29, 0.717) is 41.2 Å². The predicted molar refractivity (Wildman–Crippen MR) is 179 cm³/mol. The van der Waals surface area contributed by atoms with E-state index in [-0.39, 0.29) is 12.0 Å². The molecule has 0 fully saturated rings. The number of fused-ring (bicyclic) bond motifs is 4. The van der Waals surface area contributed by atoms with Gasteiger partial charge in [-0.2, -0.15) is 5.10 Å². The Morgan fingerprint density at radius 1 is 0.870 bits per heavy atom. The Balaban J connectivity index is 1.43. The van der Waals surface area contributed by atoms with E-state index in [2.05, 4.69) is 16.3 Å². The van der Waals surface area contributed by atoms with Crippen LogP contribution in [-0.4, -0.2) is 48.2 Å².